The zero-order chi connectivity index (χ0) is 13.1. The van der Waals surface area contributed by atoms with E-state index in [1.54, 1.807) is 24.3 Å². The van der Waals surface area contributed by atoms with Crippen LogP contribution in [0.5, 0.6) is 11.5 Å². The maximum atomic E-state index is 14.2. The van der Waals surface area contributed by atoms with E-state index in [4.69, 9.17) is 16.3 Å². The van der Waals surface area contributed by atoms with Crippen molar-refractivity contribution in [1.82, 2.24) is 0 Å². The lowest BCUT2D eigenvalue weighted by Crippen LogP contribution is -1.95. The molecule has 0 heterocycles. The smallest absolute Gasteiger partial charge is 0.181 e. The van der Waals surface area contributed by atoms with Crippen molar-refractivity contribution in [2.24, 2.45) is 0 Å². The number of rotatable bonds is 3. The van der Waals surface area contributed by atoms with Gasteiger partial charge in [-0.3, -0.25) is 0 Å². The molecule has 0 aromatic heterocycles. The molecule has 0 radical (unpaired) electrons. The summed E-state index contributed by atoms with van der Waals surface area (Å²) in [6, 6.07) is 12.2. The molecule has 0 aliphatic heterocycles. The highest BCUT2D eigenvalue weighted by molar-refractivity contribution is 9.24. The monoisotopic (exact) mass is 392 g/mol. The molecule has 0 aliphatic rings. The molecule has 5 heteroatoms. The van der Waals surface area contributed by atoms with Crippen LogP contribution in [0.3, 0.4) is 0 Å². The second-order valence-corrected chi connectivity index (χ2v) is 6.96. The largest absolute Gasteiger partial charge is 0.453 e. The Morgan fingerprint density at radius 1 is 1.06 bits per heavy atom. The fourth-order valence-corrected chi connectivity index (χ4v) is 2.31. The third-order valence-corrected chi connectivity index (χ3v) is 3.56. The standard InChI is InChI=1S/C13H8Br2ClFO/c14-13(15)9-6-7-10(16)12(11(9)17)18-8-4-2-1-3-5-8/h1-7,13H. The second kappa shape index (κ2) is 6.04. The molecular formula is C13H8Br2ClFO. The quantitative estimate of drug-likeness (QED) is 0.575. The summed E-state index contributed by atoms with van der Waals surface area (Å²) in [4.78, 5) is 0. The molecule has 2 aromatic rings. The van der Waals surface area contributed by atoms with E-state index in [9.17, 15) is 4.39 Å². The second-order valence-electron chi connectivity index (χ2n) is 3.50. The van der Waals surface area contributed by atoms with Gasteiger partial charge in [-0.1, -0.05) is 67.7 Å². The molecule has 2 aromatic carbocycles. The number of hydrogen-bond acceptors (Lipinski definition) is 1. The van der Waals surface area contributed by atoms with Gasteiger partial charge in [0.2, 0.25) is 0 Å². The zero-order valence-electron chi connectivity index (χ0n) is 9.04. The zero-order valence-corrected chi connectivity index (χ0v) is 13.0. The lowest BCUT2D eigenvalue weighted by molar-refractivity contribution is 0.440. The molecular weight excluding hydrogens is 386 g/mol. The van der Waals surface area contributed by atoms with Crippen molar-refractivity contribution in [3.63, 3.8) is 0 Å². The first-order valence-corrected chi connectivity index (χ1v) is 7.29. The molecule has 0 unspecified atom stereocenters. The van der Waals surface area contributed by atoms with Crippen LogP contribution >= 0.6 is 43.5 Å². The topological polar surface area (TPSA) is 9.23 Å². The first-order valence-electron chi connectivity index (χ1n) is 5.08. The molecule has 0 aliphatic carbocycles. The molecule has 0 N–H and O–H groups in total. The van der Waals surface area contributed by atoms with Gasteiger partial charge in [0.15, 0.2) is 11.6 Å². The van der Waals surface area contributed by atoms with E-state index in [-0.39, 0.29) is 14.5 Å². The van der Waals surface area contributed by atoms with Crippen LogP contribution in [0.15, 0.2) is 42.5 Å². The Labute approximate surface area is 126 Å². The molecule has 0 saturated heterocycles. The van der Waals surface area contributed by atoms with Crippen LogP contribution < -0.4 is 4.74 Å². The predicted octanol–water partition coefficient (Wildman–Crippen LogP) is 6.06. The minimum Gasteiger partial charge on any atom is -0.453 e. The summed E-state index contributed by atoms with van der Waals surface area (Å²) in [6.45, 7) is 0. The van der Waals surface area contributed by atoms with E-state index in [1.807, 2.05) is 18.2 Å². The molecule has 0 amide bonds. The number of hydrogen-bond donors (Lipinski definition) is 0. The Balaban J connectivity index is 2.41. The maximum Gasteiger partial charge on any atom is 0.181 e. The van der Waals surface area contributed by atoms with Crippen molar-refractivity contribution in [2.75, 3.05) is 0 Å². The Bertz CT molecular complexity index is 546. The Hall–Kier alpha value is -0.580. The molecule has 94 valence electrons. The van der Waals surface area contributed by atoms with Gasteiger partial charge in [-0.15, -0.1) is 0 Å². The third kappa shape index (κ3) is 3.05. The fourth-order valence-electron chi connectivity index (χ4n) is 1.42. The highest BCUT2D eigenvalue weighted by atomic mass is 79.9. The van der Waals surface area contributed by atoms with Crippen molar-refractivity contribution >= 4 is 43.5 Å². The van der Waals surface area contributed by atoms with Crippen molar-refractivity contribution < 1.29 is 9.13 Å². The molecule has 18 heavy (non-hydrogen) atoms. The van der Waals surface area contributed by atoms with Gasteiger partial charge >= 0.3 is 0 Å². The summed E-state index contributed by atoms with van der Waals surface area (Å²) in [5, 5.41) is 0.237. The van der Waals surface area contributed by atoms with E-state index in [0.717, 1.165) is 0 Å². The summed E-state index contributed by atoms with van der Waals surface area (Å²) < 4.78 is 19.4. The summed E-state index contributed by atoms with van der Waals surface area (Å²) in [5.41, 5.74) is 0.435. The number of halogens is 4. The van der Waals surface area contributed by atoms with Crippen molar-refractivity contribution in [3.05, 3.63) is 58.9 Å². The third-order valence-electron chi connectivity index (χ3n) is 2.28. The molecule has 0 atom stereocenters. The number of para-hydroxylation sites is 1. The Kier molecular flexibility index (Phi) is 4.65. The highest BCUT2D eigenvalue weighted by Gasteiger charge is 2.18. The Morgan fingerprint density at radius 2 is 1.72 bits per heavy atom. The van der Waals surface area contributed by atoms with Gasteiger partial charge in [0.05, 0.1) is 8.76 Å². The van der Waals surface area contributed by atoms with Gasteiger partial charge < -0.3 is 4.74 Å². The van der Waals surface area contributed by atoms with E-state index in [1.165, 1.54) is 0 Å². The predicted molar refractivity (Wildman–Crippen MR) is 78.5 cm³/mol. The highest BCUT2D eigenvalue weighted by Crippen LogP contribution is 2.39. The van der Waals surface area contributed by atoms with Crippen LogP contribution in [0.25, 0.3) is 0 Å². The molecule has 0 saturated carbocycles. The van der Waals surface area contributed by atoms with Crippen LogP contribution in [0.2, 0.25) is 5.02 Å². The summed E-state index contributed by atoms with van der Waals surface area (Å²) >= 11 is 12.5. The van der Waals surface area contributed by atoms with Gasteiger partial charge in [-0.05, 0) is 18.2 Å². The van der Waals surface area contributed by atoms with Gasteiger partial charge in [-0.25, -0.2) is 4.39 Å². The van der Waals surface area contributed by atoms with Crippen LogP contribution in [-0.2, 0) is 0 Å². The van der Waals surface area contributed by atoms with E-state index in [0.29, 0.717) is 11.3 Å². The van der Waals surface area contributed by atoms with Crippen LogP contribution in [0, 0.1) is 5.82 Å². The number of ether oxygens (including phenoxy) is 1. The average Bonchev–Trinajstić information content (AvgIpc) is 2.35. The van der Waals surface area contributed by atoms with Gasteiger partial charge in [-0.2, -0.15) is 0 Å². The van der Waals surface area contributed by atoms with E-state index < -0.39 is 5.82 Å². The Morgan fingerprint density at radius 3 is 2.33 bits per heavy atom. The van der Waals surface area contributed by atoms with Crippen LogP contribution in [-0.4, -0.2) is 0 Å². The lowest BCUT2D eigenvalue weighted by Gasteiger charge is -2.12. The van der Waals surface area contributed by atoms with Crippen LogP contribution in [0.4, 0.5) is 4.39 Å². The first kappa shape index (κ1) is 13.8. The summed E-state index contributed by atoms with van der Waals surface area (Å²) in [7, 11) is 0. The molecule has 0 bridgehead atoms. The summed E-state index contributed by atoms with van der Waals surface area (Å²) in [5.74, 6) is 0.0884. The van der Waals surface area contributed by atoms with Crippen LogP contribution in [0.1, 0.15) is 9.30 Å². The van der Waals surface area contributed by atoms with Crippen molar-refractivity contribution in [3.8, 4) is 11.5 Å². The van der Waals surface area contributed by atoms with Crippen molar-refractivity contribution in [1.29, 1.82) is 0 Å². The maximum absolute atomic E-state index is 14.2. The number of alkyl halides is 2. The molecule has 2 rings (SSSR count). The fraction of sp³-hybridized carbons (Fsp3) is 0.0769. The van der Waals surface area contributed by atoms with Gasteiger partial charge in [0.1, 0.15) is 5.75 Å². The SMILES string of the molecule is Fc1c(C(Br)Br)ccc(Cl)c1Oc1ccccc1. The first-order chi connectivity index (χ1) is 8.59. The molecule has 0 fully saturated rings. The molecule has 0 spiro atoms. The minimum absolute atomic E-state index is 0.0317. The lowest BCUT2D eigenvalue weighted by atomic mass is 10.2. The molecule has 1 nitrogen and oxygen atoms in total. The van der Waals surface area contributed by atoms with Gasteiger partial charge in [0.25, 0.3) is 0 Å². The van der Waals surface area contributed by atoms with E-state index >= 15 is 0 Å². The summed E-state index contributed by atoms with van der Waals surface area (Å²) in [6.07, 6.45) is 0. The number of benzene rings is 2. The average molecular weight is 394 g/mol. The van der Waals surface area contributed by atoms with Gasteiger partial charge in [0, 0.05) is 5.56 Å². The minimum atomic E-state index is -0.481. The normalized spacial score (nSPS) is 10.7. The van der Waals surface area contributed by atoms with Crippen molar-refractivity contribution in [2.45, 2.75) is 3.74 Å². The van der Waals surface area contributed by atoms with E-state index in [2.05, 4.69) is 31.9 Å².